The second-order valence-electron chi connectivity index (χ2n) is 18.1. The molecule has 7 atom stereocenters. The normalized spacial score (nSPS) is 25.2. The lowest BCUT2D eigenvalue weighted by Gasteiger charge is -2.60. The summed E-state index contributed by atoms with van der Waals surface area (Å²) in [6.45, 7) is 9.84. The van der Waals surface area contributed by atoms with E-state index in [-0.39, 0.29) is 76.3 Å². The number of rotatable bonds is 31. The molecular weight excluding hydrogens is 831 g/mol. The predicted octanol–water partition coefficient (Wildman–Crippen LogP) is 8.71. The summed E-state index contributed by atoms with van der Waals surface area (Å²) in [6, 6.07) is 4.77. The van der Waals surface area contributed by atoms with Crippen molar-refractivity contribution in [2.45, 2.75) is 166 Å². The van der Waals surface area contributed by atoms with Gasteiger partial charge >= 0.3 is 6.09 Å². The molecule has 1 saturated heterocycles. The molecule has 2 amide bonds. The van der Waals surface area contributed by atoms with Crippen LogP contribution >= 0.6 is 0 Å². The molecule has 0 radical (unpaired) electrons. The first kappa shape index (κ1) is 52.4. The number of aliphatic hydroxyl groups excluding tert-OH is 3. The Bertz CT molecular complexity index is 1650. The van der Waals surface area contributed by atoms with Gasteiger partial charge in [0.15, 0.2) is 0 Å². The molecule has 4 aliphatic rings. The van der Waals surface area contributed by atoms with Crippen molar-refractivity contribution in [2.75, 3.05) is 59.3 Å². The maximum Gasteiger partial charge on any atom is 0.412 e. The van der Waals surface area contributed by atoms with Gasteiger partial charge < -0.3 is 54.1 Å². The predicted molar refractivity (Wildman–Crippen MR) is 251 cm³/mol. The third-order valence-corrected chi connectivity index (χ3v) is 13.5. The second kappa shape index (κ2) is 28.6. The van der Waals surface area contributed by atoms with E-state index in [1.807, 2.05) is 24.0 Å². The minimum Gasteiger partial charge on any atom is -0.459 e. The van der Waals surface area contributed by atoms with Crippen molar-refractivity contribution in [1.82, 2.24) is 10.2 Å². The summed E-state index contributed by atoms with van der Waals surface area (Å²) >= 11 is 0. The molecule has 1 unspecified atom stereocenters. The van der Waals surface area contributed by atoms with Crippen LogP contribution in [-0.4, -0.2) is 115 Å². The van der Waals surface area contributed by atoms with Gasteiger partial charge in [0.05, 0.1) is 44.7 Å². The molecule has 1 aromatic rings. The van der Waals surface area contributed by atoms with Gasteiger partial charge in [0.1, 0.15) is 17.5 Å². The Kier molecular flexibility index (Phi) is 23.1. The third kappa shape index (κ3) is 14.7. The van der Waals surface area contributed by atoms with E-state index in [1.54, 1.807) is 12.1 Å². The first-order chi connectivity index (χ1) is 31.8. The summed E-state index contributed by atoms with van der Waals surface area (Å²) in [4.78, 5) is 35.9. The molecule has 0 bridgehead atoms. The largest absolute Gasteiger partial charge is 0.459 e. The number of hydrogen-bond donors (Lipinski definition) is 4. The van der Waals surface area contributed by atoms with Gasteiger partial charge in [0.2, 0.25) is 18.0 Å². The number of oxime groups is 1. The number of hydrogen-bond acceptors (Lipinski definition) is 12. The first-order valence-corrected chi connectivity index (χ1v) is 25.1. The minimum absolute atomic E-state index is 0.00433. The highest BCUT2D eigenvalue weighted by Gasteiger charge is 2.65. The van der Waals surface area contributed by atoms with Crippen molar-refractivity contribution < 1.29 is 53.4 Å². The van der Waals surface area contributed by atoms with Gasteiger partial charge in [0, 0.05) is 57.0 Å². The molecule has 1 aromatic carbocycles. The number of carbonyl (C=O) groups is 2. The van der Waals surface area contributed by atoms with Crippen molar-refractivity contribution in [3.05, 3.63) is 48.1 Å². The van der Waals surface area contributed by atoms with Crippen LogP contribution < -0.4 is 14.8 Å². The smallest absolute Gasteiger partial charge is 0.412 e. The third-order valence-electron chi connectivity index (χ3n) is 13.5. The molecule has 1 saturated carbocycles. The Labute approximate surface area is 388 Å². The summed E-state index contributed by atoms with van der Waals surface area (Å²) < 4.78 is 32.2. The van der Waals surface area contributed by atoms with Crippen LogP contribution in [0.15, 0.2) is 47.7 Å². The Morgan fingerprint density at radius 2 is 1.69 bits per heavy atom. The quantitative estimate of drug-likeness (QED) is 0.0318. The van der Waals surface area contributed by atoms with Crippen molar-refractivity contribution in [1.29, 1.82) is 0 Å². The van der Waals surface area contributed by atoms with Gasteiger partial charge in [-0.05, 0) is 87.5 Å². The number of fused-ring (bicyclic) bond motifs is 2. The van der Waals surface area contributed by atoms with Gasteiger partial charge in [-0.3, -0.25) is 4.79 Å². The van der Waals surface area contributed by atoms with E-state index in [2.05, 4.69) is 24.9 Å². The summed E-state index contributed by atoms with van der Waals surface area (Å²) in [6.07, 6.45) is 20.8. The highest BCUT2D eigenvalue weighted by Crippen LogP contribution is 2.62. The molecule has 14 nitrogen and oxygen atoms in total. The van der Waals surface area contributed by atoms with Crippen LogP contribution in [0.3, 0.4) is 0 Å². The molecule has 14 heteroatoms. The van der Waals surface area contributed by atoms with Gasteiger partial charge in [-0.2, -0.15) is 0 Å². The van der Waals surface area contributed by atoms with Gasteiger partial charge in [-0.25, -0.2) is 4.79 Å². The van der Waals surface area contributed by atoms with Crippen LogP contribution in [0, 0.1) is 17.8 Å². The van der Waals surface area contributed by atoms with Gasteiger partial charge in [0.25, 0.3) is 0 Å². The van der Waals surface area contributed by atoms with Crippen LogP contribution in [0.2, 0.25) is 0 Å². The van der Waals surface area contributed by atoms with E-state index >= 15 is 0 Å². The zero-order valence-corrected chi connectivity index (χ0v) is 39.6. The maximum absolute atomic E-state index is 14.9. The number of carbonyl (C=O) groups excluding carboxylic acids is 2. The van der Waals surface area contributed by atoms with Crippen LogP contribution in [0.4, 0.5) is 4.79 Å². The Morgan fingerprint density at radius 3 is 2.38 bits per heavy atom. The SMILES string of the molecule is C=CCO[C@@]12Oc3ccc(OC(=O)NCC)cc3[C@H]3[C@H](CCCCO)[C@@H](CCCCO)C=C(C(=NOC4CCCCO4)C[C@@H]1N(CCOCCO)C(=O)CCCCCCCCCCC)[C@H]32. The Morgan fingerprint density at radius 1 is 0.938 bits per heavy atom. The topological polar surface area (TPSA) is 178 Å². The van der Waals surface area contributed by atoms with Crippen molar-refractivity contribution in [3.63, 3.8) is 0 Å². The average Bonchev–Trinajstić information content (AvgIpc) is 3.31. The van der Waals surface area contributed by atoms with E-state index in [4.69, 9.17) is 33.7 Å². The second-order valence-corrected chi connectivity index (χ2v) is 18.1. The Balaban J connectivity index is 1.66. The molecule has 65 heavy (non-hydrogen) atoms. The van der Waals surface area contributed by atoms with Gasteiger partial charge in [-0.15, -0.1) is 6.58 Å². The van der Waals surface area contributed by atoms with Crippen LogP contribution in [0.25, 0.3) is 0 Å². The zero-order chi connectivity index (χ0) is 46.3. The maximum atomic E-state index is 14.9. The number of aliphatic hydroxyl groups is 3. The molecule has 366 valence electrons. The number of amides is 2. The van der Waals surface area contributed by atoms with E-state index < -0.39 is 30.1 Å². The number of ether oxygens (including phenoxy) is 5. The van der Waals surface area contributed by atoms with Crippen LogP contribution in [0.5, 0.6) is 11.5 Å². The highest BCUT2D eigenvalue weighted by atomic mass is 16.8. The number of unbranched alkanes of at least 4 members (excludes halogenated alkanes) is 10. The monoisotopic (exact) mass is 912 g/mol. The first-order valence-electron chi connectivity index (χ1n) is 25.1. The van der Waals surface area contributed by atoms with E-state index in [1.165, 1.54) is 32.1 Å². The molecule has 0 aromatic heterocycles. The van der Waals surface area contributed by atoms with E-state index in [0.717, 1.165) is 75.3 Å². The molecule has 2 aliphatic carbocycles. The molecule has 5 rings (SSSR count). The molecular formula is C51H81N3O11. The summed E-state index contributed by atoms with van der Waals surface area (Å²) in [7, 11) is 0. The Hall–Kier alpha value is -3.53. The highest BCUT2D eigenvalue weighted by molar-refractivity contribution is 6.03. The van der Waals surface area contributed by atoms with Crippen LogP contribution in [-0.2, 0) is 23.8 Å². The lowest BCUT2D eigenvalue weighted by Crippen LogP contribution is -2.70. The lowest BCUT2D eigenvalue weighted by atomic mass is 9.55. The summed E-state index contributed by atoms with van der Waals surface area (Å²) in [5, 5.41) is 37.2. The van der Waals surface area contributed by atoms with Crippen molar-refractivity contribution in [2.24, 2.45) is 22.9 Å². The molecule has 2 aliphatic heterocycles. The van der Waals surface area contributed by atoms with E-state index in [0.29, 0.717) is 56.0 Å². The van der Waals surface area contributed by atoms with Crippen molar-refractivity contribution in [3.8, 4) is 11.5 Å². The summed E-state index contributed by atoms with van der Waals surface area (Å²) in [5.74, 6) is -1.28. The van der Waals surface area contributed by atoms with Crippen LogP contribution in [0.1, 0.15) is 154 Å². The average molecular weight is 912 g/mol. The van der Waals surface area contributed by atoms with Gasteiger partial charge in [-0.1, -0.05) is 88.4 Å². The molecule has 2 fully saturated rings. The fraction of sp³-hybridized carbons (Fsp3) is 0.745. The standard InChI is InChI=1S/C51H81N3O11/c1-4-7-8-9-10-11-12-13-14-23-46(58)54(27-33-60-34-30-57)45-37-43(53-65-47-24-17-20-32-61-47)41-35-38(21-15-18-28-55)40(22-16-19-29-56)48-42-36-39(63-50(59)52-6-3)25-26-44(42)64-51(45,49(41)48)62-31-5-2/h5,25-26,35-36,38,40,45,47-49,55-57H,2,4,6-24,27-34,37H2,1,3H3,(H,52,59)/t38-,40+,45-,47?,48+,49+,51+/m0/s1. The lowest BCUT2D eigenvalue weighted by molar-refractivity contribution is -0.258. The summed E-state index contributed by atoms with van der Waals surface area (Å²) in [5.41, 5.74) is 2.47. The fourth-order valence-corrected chi connectivity index (χ4v) is 10.4. The number of nitrogens with zero attached hydrogens (tertiary/aromatic N) is 2. The number of nitrogens with one attached hydrogen (secondary N) is 1. The molecule has 0 spiro atoms. The van der Waals surface area contributed by atoms with Crippen molar-refractivity contribution >= 4 is 17.7 Å². The minimum atomic E-state index is -1.43. The van der Waals surface area contributed by atoms with E-state index in [9.17, 15) is 24.9 Å². The molecule has 4 N–H and O–H groups in total. The number of allylic oxidation sites excluding steroid dienone is 1. The number of benzene rings is 1. The zero-order valence-electron chi connectivity index (χ0n) is 39.6. The molecule has 2 heterocycles. The fourth-order valence-electron chi connectivity index (χ4n) is 10.4.